The fourth-order valence-corrected chi connectivity index (χ4v) is 5.20. The van der Waals surface area contributed by atoms with Crippen molar-refractivity contribution < 1.29 is 36.3 Å². The first kappa shape index (κ1) is 30.4. The third kappa shape index (κ3) is 6.90. The van der Waals surface area contributed by atoms with Gasteiger partial charge in [0, 0.05) is 34.6 Å². The fraction of sp³-hybridized carbons (Fsp3) is 0.241. The summed E-state index contributed by atoms with van der Waals surface area (Å²) in [6, 6.07) is 17.7. The molecule has 0 aliphatic heterocycles. The summed E-state index contributed by atoms with van der Waals surface area (Å²) >= 11 is 0. The maximum atomic E-state index is 13.3. The highest BCUT2D eigenvalue weighted by atomic mass is 32.2. The van der Waals surface area contributed by atoms with E-state index in [1.165, 1.54) is 42.5 Å². The molecule has 4 aromatic rings. The summed E-state index contributed by atoms with van der Waals surface area (Å²) in [5.41, 5.74) is 6.55. The number of rotatable bonds is 7. The van der Waals surface area contributed by atoms with Gasteiger partial charge in [-0.15, -0.1) is 0 Å². The Balaban J connectivity index is 0.000000267. The van der Waals surface area contributed by atoms with E-state index < -0.39 is 33.5 Å². The maximum Gasteiger partial charge on any atom is 0.416 e. The number of sulfone groups is 1. The molecule has 0 fully saturated rings. The number of nitrogens with two attached hydrogens (primary N) is 1. The van der Waals surface area contributed by atoms with Crippen LogP contribution in [0.4, 0.5) is 13.2 Å². The van der Waals surface area contributed by atoms with Gasteiger partial charge in [-0.05, 0) is 74.0 Å². The van der Waals surface area contributed by atoms with Gasteiger partial charge in [-0.3, -0.25) is 4.79 Å². The summed E-state index contributed by atoms with van der Waals surface area (Å²) in [5.74, 6) is -1.55. The third-order valence-corrected chi connectivity index (χ3v) is 8.00. The van der Waals surface area contributed by atoms with Crippen molar-refractivity contribution in [3.8, 4) is 0 Å². The second kappa shape index (κ2) is 12.0. The molecule has 0 spiro atoms. The number of benzene rings is 3. The van der Waals surface area contributed by atoms with Crippen LogP contribution in [0.5, 0.6) is 0 Å². The fourth-order valence-electron chi connectivity index (χ4n) is 4.31. The number of carbonyl (C=O) groups excluding carboxylic acids is 1. The number of hydrogen-bond acceptors (Lipinski definition) is 4. The largest absolute Gasteiger partial charge is 0.478 e. The number of fused-ring (bicyclic) bond motifs is 1. The van der Waals surface area contributed by atoms with E-state index in [4.69, 9.17) is 10.8 Å². The molecule has 0 aliphatic carbocycles. The van der Waals surface area contributed by atoms with E-state index in [0.717, 1.165) is 11.6 Å². The Bertz CT molecular complexity index is 1640. The molecule has 3 N–H and O–H groups in total. The van der Waals surface area contributed by atoms with Crippen molar-refractivity contribution >= 4 is 32.6 Å². The van der Waals surface area contributed by atoms with Gasteiger partial charge >= 0.3 is 12.1 Å². The smallest absolute Gasteiger partial charge is 0.416 e. The minimum atomic E-state index is -4.41. The molecule has 0 aliphatic rings. The predicted molar refractivity (Wildman–Crippen MR) is 146 cm³/mol. The van der Waals surface area contributed by atoms with Crippen molar-refractivity contribution in [2.75, 3.05) is 5.75 Å². The third-order valence-electron chi connectivity index (χ3n) is 6.25. The van der Waals surface area contributed by atoms with Crippen LogP contribution < -0.4 is 5.73 Å². The topological polar surface area (TPSA) is 119 Å². The van der Waals surface area contributed by atoms with Gasteiger partial charge in [0.15, 0.2) is 9.84 Å². The Hall–Kier alpha value is -4.12. The van der Waals surface area contributed by atoms with Crippen LogP contribution in [-0.2, 0) is 22.4 Å². The van der Waals surface area contributed by atoms with Crippen molar-refractivity contribution in [1.82, 2.24) is 4.57 Å². The molecule has 4 rings (SSSR count). The minimum absolute atomic E-state index is 0.0243. The molecule has 0 saturated carbocycles. The summed E-state index contributed by atoms with van der Waals surface area (Å²) in [4.78, 5) is 22.1. The van der Waals surface area contributed by atoms with Crippen molar-refractivity contribution in [2.45, 2.75) is 44.3 Å². The van der Waals surface area contributed by atoms with E-state index in [1.54, 1.807) is 31.2 Å². The normalized spacial score (nSPS) is 11.8. The number of alkyl halides is 3. The van der Waals surface area contributed by atoms with E-state index in [2.05, 4.69) is 0 Å². The molecule has 7 nitrogen and oxygen atoms in total. The Morgan fingerprint density at radius 3 is 2.08 bits per heavy atom. The Morgan fingerprint density at radius 2 is 1.55 bits per heavy atom. The first-order valence-corrected chi connectivity index (χ1v) is 14.0. The number of amides is 1. The predicted octanol–water partition coefficient (Wildman–Crippen LogP) is 6.11. The first-order valence-electron chi connectivity index (χ1n) is 12.3. The highest BCUT2D eigenvalue weighted by Crippen LogP contribution is 2.34. The molecule has 0 radical (unpaired) electrons. The highest BCUT2D eigenvalue weighted by Gasteiger charge is 2.33. The lowest BCUT2D eigenvalue weighted by Gasteiger charge is -2.17. The van der Waals surface area contributed by atoms with Crippen molar-refractivity contribution in [3.05, 3.63) is 101 Å². The van der Waals surface area contributed by atoms with Gasteiger partial charge in [-0.1, -0.05) is 25.1 Å². The number of aromatic nitrogens is 1. The lowest BCUT2D eigenvalue weighted by atomic mass is 10.0. The number of hydrogen-bond donors (Lipinski definition) is 2. The average molecular weight is 575 g/mol. The van der Waals surface area contributed by atoms with Crippen LogP contribution >= 0.6 is 0 Å². The van der Waals surface area contributed by atoms with E-state index in [1.807, 2.05) is 18.4 Å². The van der Waals surface area contributed by atoms with Crippen LogP contribution in [0.15, 0.2) is 77.7 Å². The average Bonchev–Trinajstić information content (AvgIpc) is 3.26. The second-order valence-corrected chi connectivity index (χ2v) is 11.6. The summed E-state index contributed by atoms with van der Waals surface area (Å²) in [6.07, 6.45) is -4.30. The van der Waals surface area contributed by atoms with Crippen LogP contribution in [0.3, 0.4) is 0 Å². The van der Waals surface area contributed by atoms with Crippen molar-refractivity contribution in [3.63, 3.8) is 0 Å². The molecule has 0 unspecified atom stereocenters. The van der Waals surface area contributed by atoms with Gasteiger partial charge in [0.1, 0.15) is 0 Å². The van der Waals surface area contributed by atoms with Gasteiger partial charge in [-0.2, -0.15) is 13.2 Å². The van der Waals surface area contributed by atoms with Crippen LogP contribution in [0, 0.1) is 0 Å². The van der Waals surface area contributed by atoms with Gasteiger partial charge in [0.05, 0.1) is 21.8 Å². The number of nitrogens with zero attached hydrogens (tertiary/aromatic N) is 1. The van der Waals surface area contributed by atoms with E-state index in [9.17, 15) is 31.2 Å². The van der Waals surface area contributed by atoms with Crippen LogP contribution in [0.1, 0.15) is 64.3 Å². The van der Waals surface area contributed by atoms with E-state index in [-0.39, 0.29) is 34.2 Å². The second-order valence-electron chi connectivity index (χ2n) is 9.30. The SMILES string of the molecule is CC(C)n1c(Cc2ccccc2C(F)(F)F)cc2cc(C(=O)O)ccc21.CCS(=O)(=O)c1ccc(C(N)=O)cc1. The molecule has 212 valence electrons. The standard InChI is InChI=1S/C20H18F3NO2.C9H11NO3S/c1-12(2)24-16(10-13-5-3-4-6-17(13)20(21,22)23)11-15-9-14(19(25)26)7-8-18(15)24;1-2-14(12,13)8-5-3-7(4-6-8)9(10)11/h3-9,11-12H,10H2,1-2H3,(H,25,26);3-6H,2H2,1H3,(H2,10,11). The molecule has 11 heteroatoms. The monoisotopic (exact) mass is 574 g/mol. The summed E-state index contributed by atoms with van der Waals surface area (Å²) < 4.78 is 64.5. The molecular weight excluding hydrogens is 545 g/mol. The Morgan fingerprint density at radius 1 is 0.950 bits per heavy atom. The van der Waals surface area contributed by atoms with Gasteiger partial charge < -0.3 is 15.4 Å². The lowest BCUT2D eigenvalue weighted by Crippen LogP contribution is -2.11. The summed E-state index contributed by atoms with van der Waals surface area (Å²) in [6.45, 7) is 5.46. The number of primary amides is 1. The molecule has 1 heterocycles. The number of aromatic carboxylic acids is 1. The molecule has 1 aromatic heterocycles. The van der Waals surface area contributed by atoms with Gasteiger partial charge in [0.25, 0.3) is 0 Å². The minimum Gasteiger partial charge on any atom is -0.478 e. The molecule has 3 aromatic carbocycles. The van der Waals surface area contributed by atoms with Crippen molar-refractivity contribution in [1.29, 1.82) is 0 Å². The quantitative estimate of drug-likeness (QED) is 0.276. The molecule has 40 heavy (non-hydrogen) atoms. The van der Waals surface area contributed by atoms with Gasteiger partial charge in [0.2, 0.25) is 5.91 Å². The van der Waals surface area contributed by atoms with Crippen LogP contribution in [-0.4, -0.2) is 35.7 Å². The summed E-state index contributed by atoms with van der Waals surface area (Å²) in [5, 5.41) is 9.87. The zero-order chi connectivity index (χ0) is 29.8. The van der Waals surface area contributed by atoms with Crippen molar-refractivity contribution in [2.24, 2.45) is 5.73 Å². The Labute approximate surface area is 230 Å². The number of carboxylic acids is 1. The number of carbonyl (C=O) groups is 2. The lowest BCUT2D eigenvalue weighted by molar-refractivity contribution is -0.138. The maximum absolute atomic E-state index is 13.3. The molecular formula is C29H29F3N2O5S. The summed E-state index contributed by atoms with van der Waals surface area (Å²) in [7, 11) is -3.19. The molecule has 1 amide bonds. The number of halogens is 3. The van der Waals surface area contributed by atoms with Gasteiger partial charge in [-0.25, -0.2) is 13.2 Å². The molecule has 0 bridgehead atoms. The van der Waals surface area contributed by atoms with Crippen LogP contribution in [0.25, 0.3) is 10.9 Å². The first-order chi connectivity index (χ1) is 18.7. The highest BCUT2D eigenvalue weighted by molar-refractivity contribution is 7.91. The number of carboxylic acid groups (broad SMARTS) is 1. The van der Waals surface area contributed by atoms with E-state index in [0.29, 0.717) is 16.6 Å². The Kier molecular flexibility index (Phi) is 9.09. The molecule has 0 atom stereocenters. The molecule has 0 saturated heterocycles. The zero-order valence-corrected chi connectivity index (χ0v) is 22.9. The van der Waals surface area contributed by atoms with Crippen LogP contribution in [0.2, 0.25) is 0 Å². The van der Waals surface area contributed by atoms with E-state index >= 15 is 0 Å². The zero-order valence-electron chi connectivity index (χ0n) is 22.1.